The molecule has 2 unspecified atom stereocenters. The lowest BCUT2D eigenvalue weighted by atomic mass is 9.60. The second-order valence-electron chi connectivity index (χ2n) is 7.03. The molecule has 0 radical (unpaired) electrons. The minimum Gasteiger partial charge on any atom is -0.386 e. The molecule has 1 aliphatic heterocycles. The molecule has 2 amide bonds. The van der Waals surface area contributed by atoms with Crippen molar-refractivity contribution in [1.82, 2.24) is 4.90 Å². The van der Waals surface area contributed by atoms with E-state index >= 15 is 0 Å². The molecule has 1 heterocycles. The van der Waals surface area contributed by atoms with E-state index in [1.54, 1.807) is 12.2 Å². The Morgan fingerprint density at radius 3 is 2.08 bits per heavy atom. The van der Waals surface area contributed by atoms with Crippen molar-refractivity contribution in [3.63, 3.8) is 0 Å². The number of carbonyl (C=O) groups is 2. The summed E-state index contributed by atoms with van der Waals surface area (Å²) in [7, 11) is 0. The van der Waals surface area contributed by atoms with Gasteiger partial charge in [0.2, 0.25) is 11.8 Å². The summed E-state index contributed by atoms with van der Waals surface area (Å²) in [6.07, 6.45) is 9.25. The molecule has 4 nitrogen and oxygen atoms in total. The highest BCUT2D eigenvalue weighted by Gasteiger charge is 2.63. The van der Waals surface area contributed by atoms with Gasteiger partial charge in [0.25, 0.3) is 0 Å². The van der Waals surface area contributed by atoms with Gasteiger partial charge in [-0.2, -0.15) is 0 Å². The van der Waals surface area contributed by atoms with E-state index in [9.17, 15) is 14.7 Å². The standard InChI is InChI=1S/C20H18BrNO3/c1-2-19(25)11-20(12-19,13-7-9-14(21)10-8-13)22-17(23)15-5-3-4-6-16(15)18(22)24/h2-10,15-16,25H,1,11-12H2. The van der Waals surface area contributed by atoms with Gasteiger partial charge in [0.05, 0.1) is 23.0 Å². The first-order valence-electron chi connectivity index (χ1n) is 8.25. The Balaban J connectivity index is 1.80. The number of nitrogens with zero attached hydrogens (tertiary/aromatic N) is 1. The summed E-state index contributed by atoms with van der Waals surface area (Å²) >= 11 is 3.41. The number of hydrogen-bond acceptors (Lipinski definition) is 3. The Labute approximate surface area is 154 Å². The number of aliphatic hydroxyl groups is 1. The Hall–Kier alpha value is -1.98. The third-order valence-corrected chi connectivity index (χ3v) is 6.06. The first-order valence-corrected chi connectivity index (χ1v) is 9.04. The third kappa shape index (κ3) is 2.29. The van der Waals surface area contributed by atoms with Crippen LogP contribution >= 0.6 is 15.9 Å². The number of carbonyl (C=O) groups excluding carboxylic acids is 2. The van der Waals surface area contributed by atoms with Crippen LogP contribution in [0.3, 0.4) is 0 Å². The van der Waals surface area contributed by atoms with Gasteiger partial charge < -0.3 is 5.11 Å². The minimum atomic E-state index is -1.06. The van der Waals surface area contributed by atoms with E-state index in [0.717, 1.165) is 10.0 Å². The van der Waals surface area contributed by atoms with Crippen LogP contribution in [-0.2, 0) is 15.1 Å². The molecule has 0 aromatic heterocycles. The van der Waals surface area contributed by atoms with Crippen molar-refractivity contribution in [2.24, 2.45) is 11.8 Å². The molecule has 1 saturated carbocycles. The predicted molar refractivity (Wildman–Crippen MR) is 97.3 cm³/mol. The van der Waals surface area contributed by atoms with Gasteiger partial charge in [-0.05, 0) is 17.7 Å². The monoisotopic (exact) mass is 399 g/mol. The first-order chi connectivity index (χ1) is 11.9. The van der Waals surface area contributed by atoms with Gasteiger partial charge in [-0.25, -0.2) is 0 Å². The number of fused-ring (bicyclic) bond motifs is 1. The number of amides is 2. The van der Waals surface area contributed by atoms with Crippen LogP contribution in [0, 0.1) is 11.8 Å². The molecule has 1 aromatic rings. The van der Waals surface area contributed by atoms with E-state index in [2.05, 4.69) is 22.5 Å². The predicted octanol–water partition coefficient (Wildman–Crippen LogP) is 3.08. The molecule has 4 rings (SSSR count). The molecule has 2 fully saturated rings. The van der Waals surface area contributed by atoms with Gasteiger partial charge in [-0.3, -0.25) is 14.5 Å². The van der Waals surface area contributed by atoms with Crippen molar-refractivity contribution < 1.29 is 14.7 Å². The van der Waals surface area contributed by atoms with Crippen LogP contribution in [0.15, 0.2) is 65.7 Å². The van der Waals surface area contributed by atoms with Crippen LogP contribution in [0.2, 0.25) is 0 Å². The third-order valence-electron chi connectivity index (χ3n) is 5.53. The van der Waals surface area contributed by atoms with Crippen molar-refractivity contribution in [3.8, 4) is 0 Å². The van der Waals surface area contributed by atoms with Crippen molar-refractivity contribution in [3.05, 3.63) is 71.3 Å². The number of hydrogen-bond donors (Lipinski definition) is 1. The van der Waals surface area contributed by atoms with Gasteiger partial charge in [0.1, 0.15) is 0 Å². The lowest BCUT2D eigenvalue weighted by Crippen LogP contribution is -2.64. The Bertz CT molecular complexity index is 788. The fourth-order valence-corrected chi connectivity index (χ4v) is 4.53. The van der Waals surface area contributed by atoms with Crippen LogP contribution in [0.25, 0.3) is 0 Å². The summed E-state index contributed by atoms with van der Waals surface area (Å²) in [5.41, 5.74) is -1.03. The van der Waals surface area contributed by atoms with Gasteiger partial charge in [-0.15, -0.1) is 6.58 Å². The quantitative estimate of drug-likeness (QED) is 0.627. The summed E-state index contributed by atoms with van der Waals surface area (Å²) in [6.45, 7) is 3.70. The van der Waals surface area contributed by atoms with Gasteiger partial charge in [0, 0.05) is 17.3 Å². The smallest absolute Gasteiger partial charge is 0.238 e. The maximum Gasteiger partial charge on any atom is 0.238 e. The fraction of sp³-hybridized carbons (Fsp3) is 0.300. The Kier molecular flexibility index (Phi) is 3.63. The van der Waals surface area contributed by atoms with Crippen LogP contribution in [-0.4, -0.2) is 27.4 Å². The van der Waals surface area contributed by atoms with Crippen LogP contribution in [0.4, 0.5) is 0 Å². The summed E-state index contributed by atoms with van der Waals surface area (Å²) in [5, 5.41) is 10.6. The summed E-state index contributed by atoms with van der Waals surface area (Å²) in [6, 6.07) is 7.59. The molecule has 0 spiro atoms. The molecule has 1 saturated heterocycles. The van der Waals surface area contributed by atoms with Gasteiger partial charge in [-0.1, -0.05) is 58.4 Å². The zero-order valence-electron chi connectivity index (χ0n) is 13.6. The highest BCUT2D eigenvalue weighted by atomic mass is 79.9. The molecule has 1 aromatic carbocycles. The summed E-state index contributed by atoms with van der Waals surface area (Å²) in [5.74, 6) is -1.27. The molecule has 25 heavy (non-hydrogen) atoms. The average Bonchev–Trinajstić information content (AvgIpc) is 2.85. The zero-order chi connectivity index (χ0) is 17.8. The fourth-order valence-electron chi connectivity index (χ4n) is 4.26. The van der Waals surface area contributed by atoms with Crippen molar-refractivity contribution in [2.45, 2.75) is 24.0 Å². The molecule has 5 heteroatoms. The molecular formula is C20H18BrNO3. The maximum atomic E-state index is 13.0. The molecule has 1 N–H and O–H groups in total. The van der Waals surface area contributed by atoms with Crippen LogP contribution in [0.5, 0.6) is 0 Å². The normalized spacial score (nSPS) is 36.3. The largest absolute Gasteiger partial charge is 0.386 e. The number of rotatable bonds is 3. The van der Waals surface area contributed by atoms with Crippen LogP contribution < -0.4 is 0 Å². The lowest BCUT2D eigenvalue weighted by Gasteiger charge is -2.56. The highest BCUT2D eigenvalue weighted by Crippen LogP contribution is 2.55. The molecule has 2 aliphatic carbocycles. The van der Waals surface area contributed by atoms with Crippen molar-refractivity contribution in [2.75, 3.05) is 0 Å². The van der Waals surface area contributed by atoms with E-state index in [4.69, 9.17) is 0 Å². The Morgan fingerprint density at radius 1 is 1.08 bits per heavy atom. The second-order valence-corrected chi connectivity index (χ2v) is 7.95. The van der Waals surface area contributed by atoms with E-state index in [1.807, 2.05) is 36.4 Å². The molecule has 0 bridgehead atoms. The number of halogens is 1. The number of allylic oxidation sites excluding steroid dienone is 2. The van der Waals surface area contributed by atoms with Crippen molar-refractivity contribution in [1.29, 1.82) is 0 Å². The molecule has 128 valence electrons. The molecule has 3 aliphatic rings. The topological polar surface area (TPSA) is 57.6 Å². The first kappa shape index (κ1) is 16.5. The van der Waals surface area contributed by atoms with E-state index in [0.29, 0.717) is 0 Å². The highest BCUT2D eigenvalue weighted by molar-refractivity contribution is 9.10. The zero-order valence-corrected chi connectivity index (χ0v) is 15.1. The summed E-state index contributed by atoms with van der Waals surface area (Å²) in [4.78, 5) is 27.5. The van der Waals surface area contributed by atoms with Crippen molar-refractivity contribution >= 4 is 27.7 Å². The SMILES string of the molecule is C=CC1(O)CC(c2ccc(Br)cc2)(N2C(=O)C3C=CC=CC3C2=O)C1. The van der Waals surface area contributed by atoms with Gasteiger partial charge >= 0.3 is 0 Å². The van der Waals surface area contributed by atoms with E-state index in [-0.39, 0.29) is 24.7 Å². The van der Waals surface area contributed by atoms with E-state index < -0.39 is 23.0 Å². The maximum absolute atomic E-state index is 13.0. The van der Waals surface area contributed by atoms with Crippen LogP contribution in [0.1, 0.15) is 18.4 Å². The lowest BCUT2D eigenvalue weighted by molar-refractivity contribution is -0.167. The molecular weight excluding hydrogens is 382 g/mol. The van der Waals surface area contributed by atoms with E-state index in [1.165, 1.54) is 11.0 Å². The van der Waals surface area contributed by atoms with Gasteiger partial charge in [0.15, 0.2) is 0 Å². The summed E-state index contributed by atoms with van der Waals surface area (Å²) < 4.78 is 0.920. The second kappa shape index (κ2) is 5.51. The number of benzene rings is 1. The Morgan fingerprint density at radius 2 is 1.60 bits per heavy atom. The average molecular weight is 400 g/mol. The number of likely N-dealkylation sites (tertiary alicyclic amines) is 1. The molecule has 2 atom stereocenters. The number of imide groups is 1. The minimum absolute atomic E-state index is 0.190.